The Labute approximate surface area is 230 Å². The number of unbranched alkanes of at least 4 members (excludes halogenated alkanes) is 5. The van der Waals surface area contributed by atoms with E-state index in [1.807, 2.05) is 11.0 Å². The van der Waals surface area contributed by atoms with Crippen LogP contribution in [0.4, 0.5) is 0 Å². The molecule has 7 nitrogen and oxygen atoms in total. The van der Waals surface area contributed by atoms with Crippen molar-refractivity contribution in [2.75, 3.05) is 20.2 Å². The molecule has 0 bridgehead atoms. The molecule has 2 heterocycles. The molecule has 38 heavy (non-hydrogen) atoms. The molecule has 3 rings (SSSR count). The number of carbonyl (C=O) groups is 3. The Bertz CT molecular complexity index is 849. The Kier molecular flexibility index (Phi) is 11.3. The summed E-state index contributed by atoms with van der Waals surface area (Å²) in [7, 11) is 1.43. The van der Waals surface area contributed by atoms with Gasteiger partial charge >= 0.3 is 5.97 Å². The van der Waals surface area contributed by atoms with Crippen molar-refractivity contribution in [3.8, 4) is 0 Å². The molecular formula is C31H52N2O5. The quantitative estimate of drug-likeness (QED) is 0.218. The number of fused-ring (bicyclic) bond motifs is 1. The smallest absolute Gasteiger partial charge is 0.320 e. The third-order valence-corrected chi connectivity index (χ3v) is 8.51. The highest BCUT2D eigenvalue weighted by Crippen LogP contribution is 2.56. The van der Waals surface area contributed by atoms with Crippen LogP contribution >= 0.6 is 0 Å². The summed E-state index contributed by atoms with van der Waals surface area (Å²) >= 11 is 0. The van der Waals surface area contributed by atoms with Gasteiger partial charge in [0.05, 0.1) is 19.3 Å². The van der Waals surface area contributed by atoms with Crippen LogP contribution in [-0.4, -0.2) is 55.1 Å². The minimum Gasteiger partial charge on any atom is -0.468 e. The number of piperidine rings is 1. The Morgan fingerprint density at radius 1 is 1.13 bits per heavy atom. The van der Waals surface area contributed by atoms with E-state index < -0.39 is 11.3 Å². The van der Waals surface area contributed by atoms with Gasteiger partial charge in [-0.2, -0.15) is 0 Å². The van der Waals surface area contributed by atoms with Crippen LogP contribution < -0.4 is 5.32 Å². The molecule has 2 aliphatic heterocycles. The van der Waals surface area contributed by atoms with Crippen LogP contribution in [-0.2, 0) is 23.9 Å². The molecular weight excluding hydrogens is 480 g/mol. The van der Waals surface area contributed by atoms with Crippen molar-refractivity contribution < 1.29 is 23.9 Å². The average molecular weight is 533 g/mol. The first kappa shape index (κ1) is 30.6. The van der Waals surface area contributed by atoms with Gasteiger partial charge in [0.25, 0.3) is 0 Å². The maximum absolute atomic E-state index is 14.0. The average Bonchev–Trinajstić information content (AvgIpc) is 3.71. The number of carbonyl (C=O) groups excluding carboxylic acids is 3. The maximum atomic E-state index is 14.0. The molecule has 0 aromatic heterocycles. The molecule has 0 aromatic rings. The van der Waals surface area contributed by atoms with Gasteiger partial charge in [-0.15, -0.1) is 0 Å². The van der Waals surface area contributed by atoms with E-state index in [0.717, 1.165) is 44.2 Å². The summed E-state index contributed by atoms with van der Waals surface area (Å²) in [5.74, 6) is -0.113. The van der Waals surface area contributed by atoms with E-state index in [1.165, 1.54) is 26.4 Å². The van der Waals surface area contributed by atoms with Crippen LogP contribution in [0.15, 0.2) is 11.8 Å². The topological polar surface area (TPSA) is 84.9 Å². The Balaban J connectivity index is 1.93. The lowest BCUT2D eigenvalue weighted by molar-refractivity contribution is -0.182. The second kappa shape index (κ2) is 14.0. The number of rotatable bonds is 15. The SMILES string of the molecule is CCCCCCCCN1C(=O)[C@@H](CC(=O)NCCC(C)C)C[C@@]2(C(=O)OC)C1=C[C@H](C(C)C)O[C@@H]2C1CC1. The summed E-state index contributed by atoms with van der Waals surface area (Å²) < 4.78 is 12.1. The van der Waals surface area contributed by atoms with E-state index in [9.17, 15) is 14.4 Å². The number of hydrogen-bond donors (Lipinski definition) is 1. The second-order valence-corrected chi connectivity index (χ2v) is 12.5. The van der Waals surface area contributed by atoms with Gasteiger partial charge < -0.3 is 19.7 Å². The molecule has 1 aliphatic carbocycles. The van der Waals surface area contributed by atoms with Crippen LogP contribution in [0.3, 0.4) is 0 Å². The van der Waals surface area contributed by atoms with Crippen molar-refractivity contribution in [2.45, 2.75) is 117 Å². The van der Waals surface area contributed by atoms with Crippen LogP contribution in [0.1, 0.15) is 105 Å². The van der Waals surface area contributed by atoms with Crippen molar-refractivity contribution in [1.29, 1.82) is 0 Å². The summed E-state index contributed by atoms with van der Waals surface area (Å²) in [6, 6.07) is 0. The highest BCUT2D eigenvalue weighted by atomic mass is 16.5. The molecule has 1 N–H and O–H groups in total. The fourth-order valence-corrected chi connectivity index (χ4v) is 6.13. The van der Waals surface area contributed by atoms with Gasteiger partial charge in [-0.25, -0.2) is 0 Å². The highest BCUT2D eigenvalue weighted by Gasteiger charge is 2.63. The Morgan fingerprint density at radius 2 is 1.82 bits per heavy atom. The molecule has 0 radical (unpaired) electrons. The van der Waals surface area contributed by atoms with Crippen molar-refractivity contribution in [2.24, 2.45) is 29.1 Å². The fraction of sp³-hybridized carbons (Fsp3) is 0.839. The molecule has 216 valence electrons. The van der Waals surface area contributed by atoms with Crippen molar-refractivity contribution in [3.05, 3.63) is 11.8 Å². The number of methoxy groups -OCH3 is 1. The van der Waals surface area contributed by atoms with Crippen molar-refractivity contribution >= 4 is 17.8 Å². The van der Waals surface area contributed by atoms with Crippen LogP contribution in [0.2, 0.25) is 0 Å². The number of likely N-dealkylation sites (tertiary alicyclic amines) is 1. The van der Waals surface area contributed by atoms with Crippen molar-refractivity contribution in [3.63, 3.8) is 0 Å². The van der Waals surface area contributed by atoms with E-state index >= 15 is 0 Å². The van der Waals surface area contributed by atoms with Gasteiger partial charge in [0.2, 0.25) is 11.8 Å². The standard InChI is InChI=1S/C31H52N2O5/c1-7-8-9-10-11-12-17-33-26-19-25(22(4)5)38-28(23-13-14-23)31(26,30(36)37-6)20-24(29(33)35)18-27(34)32-16-15-21(2)3/h19,21-25,28H,7-18,20H2,1-6H3,(H,32,34)/t24-,25+,28+,31+/m0/s1. The van der Waals surface area contributed by atoms with Crippen LogP contribution in [0.25, 0.3) is 0 Å². The van der Waals surface area contributed by atoms with Crippen molar-refractivity contribution in [1.82, 2.24) is 10.2 Å². The summed E-state index contributed by atoms with van der Waals surface area (Å²) in [5, 5.41) is 2.99. The van der Waals surface area contributed by atoms with Gasteiger partial charge in [-0.1, -0.05) is 66.7 Å². The fourth-order valence-electron chi connectivity index (χ4n) is 6.13. The third-order valence-electron chi connectivity index (χ3n) is 8.51. The van der Waals surface area contributed by atoms with E-state index in [2.05, 4.69) is 39.9 Å². The summed E-state index contributed by atoms with van der Waals surface area (Å²) in [5.41, 5.74) is -0.290. The molecule has 1 saturated carbocycles. The van der Waals surface area contributed by atoms with Crippen LogP contribution in [0.5, 0.6) is 0 Å². The predicted octanol–water partition coefficient (Wildman–Crippen LogP) is 5.62. The lowest BCUT2D eigenvalue weighted by Gasteiger charge is -2.53. The summed E-state index contributed by atoms with van der Waals surface area (Å²) in [6.45, 7) is 11.8. The molecule has 1 saturated heterocycles. The molecule has 4 atom stereocenters. The lowest BCUT2D eigenvalue weighted by Crippen LogP contribution is -2.62. The lowest BCUT2D eigenvalue weighted by atomic mass is 9.64. The summed E-state index contributed by atoms with van der Waals surface area (Å²) in [6.07, 6.45) is 11.4. The van der Waals surface area contributed by atoms with Gasteiger partial charge in [0, 0.05) is 31.1 Å². The number of ether oxygens (including phenoxy) is 2. The van der Waals surface area contributed by atoms with E-state index in [-0.39, 0.29) is 54.7 Å². The van der Waals surface area contributed by atoms with Gasteiger partial charge in [-0.3, -0.25) is 14.4 Å². The molecule has 0 spiro atoms. The van der Waals surface area contributed by atoms with E-state index in [0.29, 0.717) is 19.0 Å². The van der Waals surface area contributed by atoms with E-state index in [1.54, 1.807) is 0 Å². The normalized spacial score (nSPS) is 27.4. The maximum Gasteiger partial charge on any atom is 0.320 e. The van der Waals surface area contributed by atoms with E-state index in [4.69, 9.17) is 9.47 Å². The molecule has 2 amide bonds. The predicted molar refractivity (Wildman–Crippen MR) is 149 cm³/mol. The second-order valence-electron chi connectivity index (χ2n) is 12.5. The molecule has 0 aromatic carbocycles. The molecule has 2 fully saturated rings. The Morgan fingerprint density at radius 3 is 2.42 bits per heavy atom. The highest BCUT2D eigenvalue weighted by molar-refractivity contribution is 5.92. The number of nitrogens with one attached hydrogen (secondary N) is 1. The molecule has 3 aliphatic rings. The van der Waals surface area contributed by atoms with Gasteiger partial charge in [0.15, 0.2) is 0 Å². The van der Waals surface area contributed by atoms with Gasteiger partial charge in [0.1, 0.15) is 5.41 Å². The number of nitrogens with zero attached hydrogens (tertiary/aromatic N) is 1. The zero-order valence-electron chi connectivity index (χ0n) is 24.7. The minimum atomic E-state index is -1.06. The third kappa shape index (κ3) is 7.19. The monoisotopic (exact) mass is 532 g/mol. The molecule has 7 heteroatoms. The van der Waals surface area contributed by atoms with Gasteiger partial charge in [-0.05, 0) is 55.9 Å². The summed E-state index contributed by atoms with van der Waals surface area (Å²) in [4.78, 5) is 42.5. The Hall–Kier alpha value is -1.89. The minimum absolute atomic E-state index is 0.0395. The largest absolute Gasteiger partial charge is 0.468 e. The first-order chi connectivity index (χ1) is 18.1. The first-order valence-electron chi connectivity index (χ1n) is 15.2. The first-order valence-corrected chi connectivity index (χ1v) is 15.2. The number of esters is 1. The number of amides is 2. The molecule has 0 unspecified atom stereocenters. The van der Waals surface area contributed by atoms with Crippen LogP contribution in [0, 0.1) is 29.1 Å². The zero-order valence-corrected chi connectivity index (χ0v) is 24.7. The number of hydrogen-bond acceptors (Lipinski definition) is 5. The zero-order chi connectivity index (χ0) is 27.9.